The number of carbonyl (C=O) groups excluding carboxylic acids is 3. The summed E-state index contributed by atoms with van der Waals surface area (Å²) in [4.78, 5) is 51.5. The third-order valence-electron chi connectivity index (χ3n) is 11.4. The largest absolute Gasteiger partial charge is 0.387 e. The molecule has 0 spiro atoms. The second kappa shape index (κ2) is 15.5. The zero-order valence-corrected chi connectivity index (χ0v) is 31.8. The first kappa shape index (κ1) is 36.2. The van der Waals surface area contributed by atoms with Gasteiger partial charge in [0, 0.05) is 69.1 Å². The Bertz CT molecular complexity index is 2260. The fraction of sp³-hybridized carbons (Fsp3) is 0.425. The Hall–Kier alpha value is -5.75. The molecule has 1 atom stereocenters. The normalized spacial score (nSPS) is 20.6. The zero-order valence-electron chi connectivity index (χ0n) is 30.9. The van der Waals surface area contributed by atoms with Gasteiger partial charge in [-0.25, -0.2) is 9.50 Å². The highest BCUT2D eigenvalue weighted by molar-refractivity contribution is 7.14. The van der Waals surface area contributed by atoms with Gasteiger partial charge in [0.1, 0.15) is 16.9 Å². The number of aromatic nitrogens is 6. The van der Waals surface area contributed by atoms with Crippen LogP contribution < -0.4 is 15.5 Å². The van der Waals surface area contributed by atoms with Crippen LogP contribution in [0.15, 0.2) is 55.0 Å². The number of amides is 3. The molecule has 1 aliphatic carbocycles. The summed E-state index contributed by atoms with van der Waals surface area (Å²) in [6.45, 7) is 4.29. The lowest BCUT2D eigenvalue weighted by Crippen LogP contribution is -2.47. The fourth-order valence-electron chi connectivity index (χ4n) is 8.36. The van der Waals surface area contributed by atoms with Crippen LogP contribution in [-0.4, -0.2) is 85.1 Å². The molecule has 3 fully saturated rings. The SMILES string of the molecule is CCN(C(=O)C1CCN(c2ccc([C@@H]3CCC(=O)NC3=O)cn2)CC1)[C@H]1CC[C@H](c2nnc(-c3cnc(-c4ccc5cc(C#N)cnn45)cc3NC)s2)CC1. The maximum atomic E-state index is 13.9. The Morgan fingerprint density at radius 2 is 1.82 bits per heavy atom. The summed E-state index contributed by atoms with van der Waals surface area (Å²) >= 11 is 1.61. The van der Waals surface area contributed by atoms with E-state index in [0.29, 0.717) is 30.9 Å². The number of hydrogen-bond acceptors (Lipinski definition) is 12. The predicted octanol–water partition coefficient (Wildman–Crippen LogP) is 5.53. The lowest BCUT2D eigenvalue weighted by Gasteiger charge is -2.40. The Labute approximate surface area is 323 Å². The molecular formula is C40H43N11O3S. The van der Waals surface area contributed by atoms with E-state index < -0.39 is 0 Å². The number of pyridine rings is 2. The van der Waals surface area contributed by atoms with Gasteiger partial charge in [-0.15, -0.1) is 10.2 Å². The number of imide groups is 1. The summed E-state index contributed by atoms with van der Waals surface area (Å²) in [7, 11) is 1.88. The molecule has 5 aromatic heterocycles. The molecule has 3 amide bonds. The van der Waals surface area contributed by atoms with E-state index in [9.17, 15) is 19.6 Å². The Morgan fingerprint density at radius 3 is 2.53 bits per heavy atom. The minimum absolute atomic E-state index is 0.00660. The van der Waals surface area contributed by atoms with E-state index >= 15 is 0 Å². The first-order valence-corrected chi connectivity index (χ1v) is 19.9. The van der Waals surface area contributed by atoms with E-state index in [1.807, 2.05) is 43.6 Å². The van der Waals surface area contributed by atoms with Crippen molar-refractivity contribution in [1.29, 1.82) is 5.26 Å². The van der Waals surface area contributed by atoms with E-state index in [1.165, 1.54) is 0 Å². The molecular weight excluding hydrogens is 715 g/mol. The number of rotatable bonds is 9. The summed E-state index contributed by atoms with van der Waals surface area (Å²) in [5, 5.41) is 30.5. The summed E-state index contributed by atoms with van der Waals surface area (Å²) in [6, 6.07) is 13.9. The first-order valence-electron chi connectivity index (χ1n) is 19.1. The molecule has 55 heavy (non-hydrogen) atoms. The molecule has 8 rings (SSSR count). The van der Waals surface area contributed by atoms with Crippen molar-refractivity contribution in [3.63, 3.8) is 0 Å². The molecule has 2 aliphatic heterocycles. The second-order valence-electron chi connectivity index (χ2n) is 14.6. The topological polar surface area (TPSA) is 174 Å². The molecule has 0 unspecified atom stereocenters. The maximum absolute atomic E-state index is 13.9. The third kappa shape index (κ3) is 7.26. The Morgan fingerprint density at radius 1 is 1.00 bits per heavy atom. The summed E-state index contributed by atoms with van der Waals surface area (Å²) in [6.07, 6.45) is 11.3. The molecule has 7 heterocycles. The third-order valence-corrected chi connectivity index (χ3v) is 12.5. The van der Waals surface area contributed by atoms with Crippen molar-refractivity contribution in [3.05, 3.63) is 71.1 Å². The smallest absolute Gasteiger partial charge is 0.234 e. The van der Waals surface area contributed by atoms with E-state index in [-0.39, 0.29) is 35.6 Å². The number of piperidine rings is 2. The molecule has 2 N–H and O–H groups in total. The maximum Gasteiger partial charge on any atom is 0.234 e. The minimum Gasteiger partial charge on any atom is -0.387 e. The summed E-state index contributed by atoms with van der Waals surface area (Å²) in [5.74, 6) is 0.579. The van der Waals surface area contributed by atoms with Crippen LogP contribution in [0.3, 0.4) is 0 Å². The van der Waals surface area contributed by atoms with Crippen LogP contribution >= 0.6 is 11.3 Å². The van der Waals surface area contributed by atoms with Gasteiger partial charge in [0.25, 0.3) is 0 Å². The molecule has 1 saturated carbocycles. The van der Waals surface area contributed by atoms with Gasteiger partial charge >= 0.3 is 0 Å². The number of nitrogens with one attached hydrogen (secondary N) is 2. The van der Waals surface area contributed by atoms with Crippen LogP contribution in [0, 0.1) is 17.2 Å². The van der Waals surface area contributed by atoms with Crippen LogP contribution in [-0.2, 0) is 14.4 Å². The Kier molecular flexibility index (Phi) is 10.2. The molecule has 15 heteroatoms. The van der Waals surface area contributed by atoms with Gasteiger partial charge < -0.3 is 15.1 Å². The number of nitrogens with zero attached hydrogens (tertiary/aromatic N) is 9. The van der Waals surface area contributed by atoms with E-state index in [2.05, 4.69) is 53.7 Å². The molecule has 0 radical (unpaired) electrons. The lowest BCUT2D eigenvalue weighted by atomic mass is 9.84. The highest BCUT2D eigenvalue weighted by atomic mass is 32.1. The van der Waals surface area contributed by atoms with Gasteiger partial charge in [-0.2, -0.15) is 10.4 Å². The molecule has 0 bridgehead atoms. The van der Waals surface area contributed by atoms with E-state index in [4.69, 9.17) is 4.98 Å². The van der Waals surface area contributed by atoms with Crippen LogP contribution in [0.2, 0.25) is 0 Å². The average molecular weight is 758 g/mol. The van der Waals surface area contributed by atoms with Crippen molar-refractivity contribution in [1.82, 2.24) is 40.0 Å². The molecule has 2 saturated heterocycles. The van der Waals surface area contributed by atoms with Gasteiger partial charge in [-0.1, -0.05) is 17.4 Å². The zero-order chi connectivity index (χ0) is 38.1. The number of nitriles is 1. The fourth-order valence-corrected chi connectivity index (χ4v) is 9.39. The molecule has 282 valence electrons. The van der Waals surface area contributed by atoms with Crippen molar-refractivity contribution in [2.24, 2.45) is 5.92 Å². The van der Waals surface area contributed by atoms with Crippen molar-refractivity contribution in [2.45, 2.75) is 76.2 Å². The van der Waals surface area contributed by atoms with Gasteiger partial charge in [-0.05, 0) is 87.8 Å². The number of fused-ring (bicyclic) bond motifs is 1. The van der Waals surface area contributed by atoms with Crippen LogP contribution in [0.1, 0.15) is 86.3 Å². The van der Waals surface area contributed by atoms with Crippen molar-refractivity contribution >= 4 is 46.1 Å². The van der Waals surface area contributed by atoms with Gasteiger partial charge in [-0.3, -0.25) is 24.7 Å². The average Bonchev–Trinajstić information content (AvgIpc) is 3.89. The Balaban J connectivity index is 0.856. The number of anilines is 2. The molecule has 0 aromatic carbocycles. The minimum atomic E-state index is -0.348. The van der Waals surface area contributed by atoms with Crippen LogP contribution in [0.5, 0.6) is 0 Å². The quantitative estimate of drug-likeness (QED) is 0.181. The molecule has 3 aliphatic rings. The van der Waals surface area contributed by atoms with Crippen LogP contribution in [0.4, 0.5) is 11.5 Å². The van der Waals surface area contributed by atoms with Gasteiger partial charge in [0.2, 0.25) is 17.7 Å². The number of carbonyl (C=O) groups is 3. The monoisotopic (exact) mass is 757 g/mol. The van der Waals surface area contributed by atoms with Crippen molar-refractivity contribution in [2.75, 3.05) is 36.9 Å². The highest BCUT2D eigenvalue weighted by Gasteiger charge is 2.35. The van der Waals surface area contributed by atoms with Crippen molar-refractivity contribution in [3.8, 4) is 28.0 Å². The number of hydrogen-bond donors (Lipinski definition) is 2. The summed E-state index contributed by atoms with van der Waals surface area (Å²) in [5.41, 5.74) is 5.52. The summed E-state index contributed by atoms with van der Waals surface area (Å²) < 4.78 is 1.78. The van der Waals surface area contributed by atoms with Crippen molar-refractivity contribution < 1.29 is 14.4 Å². The predicted molar refractivity (Wildman–Crippen MR) is 208 cm³/mol. The highest BCUT2D eigenvalue weighted by Crippen LogP contribution is 2.40. The molecule has 14 nitrogen and oxygen atoms in total. The van der Waals surface area contributed by atoms with Crippen LogP contribution in [0.25, 0.3) is 27.5 Å². The standard InChI is InChI=1S/C40H43N11O3S/c1-3-50(40(54)26-14-16-49(17-15-26)35-12-6-27(22-44-35)30-10-13-36(52)46-37(30)53)28-7-4-25(5-8-28)38-47-48-39(55-38)31-23-43-33(19-32(31)42-2)34-11-9-29-18-24(20-41)21-45-51(29)34/h6,9,11-12,18-19,21-23,25-26,28,30H,3-5,7-8,10,13-17H2,1-2H3,(H,42,43)(H,46,52,53)/t25-,28-,30-/m0/s1. The van der Waals surface area contributed by atoms with E-state index in [0.717, 1.165) is 101 Å². The lowest BCUT2D eigenvalue weighted by molar-refractivity contribution is -0.139. The van der Waals surface area contributed by atoms with E-state index in [1.54, 1.807) is 34.3 Å². The molecule has 5 aromatic rings. The van der Waals surface area contributed by atoms with Gasteiger partial charge in [0.15, 0.2) is 5.01 Å². The van der Waals surface area contributed by atoms with Gasteiger partial charge in [0.05, 0.1) is 40.1 Å². The first-order chi connectivity index (χ1) is 26.8. The second-order valence-corrected chi connectivity index (χ2v) is 15.6.